The number of amides is 1. The van der Waals surface area contributed by atoms with E-state index in [-0.39, 0.29) is 11.9 Å². The van der Waals surface area contributed by atoms with Crippen molar-refractivity contribution in [3.8, 4) is 11.5 Å². The Morgan fingerprint density at radius 1 is 1.08 bits per heavy atom. The molecule has 0 aliphatic carbocycles. The van der Waals surface area contributed by atoms with Gasteiger partial charge in [-0.2, -0.15) is 0 Å². The van der Waals surface area contributed by atoms with Crippen molar-refractivity contribution in [3.05, 3.63) is 23.8 Å². The molecule has 1 aromatic rings. The first-order valence-corrected chi connectivity index (χ1v) is 8.80. The predicted molar refractivity (Wildman–Crippen MR) is 96.2 cm³/mol. The Labute approximate surface area is 149 Å². The summed E-state index contributed by atoms with van der Waals surface area (Å²) in [5.41, 5.74) is 0.315. The SMILES string of the molecule is CCCCOc1ccc(C(=O)OC(C)C(=O)NC(C)C)cc1OCC. The Kier molecular flexibility index (Phi) is 8.81. The van der Waals surface area contributed by atoms with Crippen LogP contribution in [-0.2, 0) is 9.53 Å². The second-order valence-corrected chi connectivity index (χ2v) is 6.01. The number of hydrogen-bond acceptors (Lipinski definition) is 5. The van der Waals surface area contributed by atoms with Crippen molar-refractivity contribution in [1.29, 1.82) is 0 Å². The lowest BCUT2D eigenvalue weighted by Gasteiger charge is -2.16. The molecular formula is C19H29NO5. The fourth-order valence-electron chi connectivity index (χ4n) is 2.03. The van der Waals surface area contributed by atoms with E-state index in [1.165, 1.54) is 0 Å². The van der Waals surface area contributed by atoms with Crippen molar-refractivity contribution in [3.63, 3.8) is 0 Å². The van der Waals surface area contributed by atoms with Gasteiger partial charge in [0.25, 0.3) is 5.91 Å². The maximum absolute atomic E-state index is 12.3. The van der Waals surface area contributed by atoms with E-state index in [0.717, 1.165) is 12.8 Å². The summed E-state index contributed by atoms with van der Waals surface area (Å²) < 4.78 is 16.5. The molecular weight excluding hydrogens is 322 g/mol. The molecule has 0 bridgehead atoms. The van der Waals surface area contributed by atoms with Crippen LogP contribution < -0.4 is 14.8 Å². The molecule has 0 fully saturated rings. The van der Waals surface area contributed by atoms with E-state index < -0.39 is 12.1 Å². The van der Waals surface area contributed by atoms with E-state index >= 15 is 0 Å². The summed E-state index contributed by atoms with van der Waals surface area (Å²) in [6, 6.07) is 4.87. The summed E-state index contributed by atoms with van der Waals surface area (Å²) in [4.78, 5) is 24.1. The lowest BCUT2D eigenvalue weighted by Crippen LogP contribution is -2.39. The Balaban J connectivity index is 2.80. The Morgan fingerprint density at radius 3 is 2.40 bits per heavy atom. The maximum atomic E-state index is 12.3. The van der Waals surface area contributed by atoms with Crippen molar-refractivity contribution in [2.24, 2.45) is 0 Å². The van der Waals surface area contributed by atoms with Crippen LogP contribution in [0.1, 0.15) is 57.8 Å². The van der Waals surface area contributed by atoms with Gasteiger partial charge in [-0.3, -0.25) is 4.79 Å². The van der Waals surface area contributed by atoms with Crippen LogP contribution in [0.5, 0.6) is 11.5 Å². The van der Waals surface area contributed by atoms with Crippen LogP contribution >= 0.6 is 0 Å². The van der Waals surface area contributed by atoms with Crippen LogP contribution in [0.15, 0.2) is 18.2 Å². The minimum atomic E-state index is -0.870. The quantitative estimate of drug-likeness (QED) is 0.517. The number of rotatable bonds is 10. The molecule has 0 aliphatic rings. The minimum absolute atomic E-state index is 0.0160. The topological polar surface area (TPSA) is 73.9 Å². The third-order valence-electron chi connectivity index (χ3n) is 3.32. The summed E-state index contributed by atoms with van der Waals surface area (Å²) in [6.45, 7) is 10.2. The van der Waals surface area contributed by atoms with Crippen molar-refractivity contribution in [2.75, 3.05) is 13.2 Å². The van der Waals surface area contributed by atoms with Crippen molar-refractivity contribution in [2.45, 2.75) is 59.6 Å². The van der Waals surface area contributed by atoms with Gasteiger partial charge >= 0.3 is 5.97 Å². The molecule has 6 heteroatoms. The van der Waals surface area contributed by atoms with Crippen LogP contribution in [-0.4, -0.2) is 37.2 Å². The lowest BCUT2D eigenvalue weighted by atomic mass is 10.2. The summed E-state index contributed by atoms with van der Waals surface area (Å²) in [5, 5.41) is 2.71. The van der Waals surface area contributed by atoms with Gasteiger partial charge in [0.1, 0.15) is 0 Å². The molecule has 0 heterocycles. The third-order valence-corrected chi connectivity index (χ3v) is 3.32. The molecule has 0 radical (unpaired) electrons. The highest BCUT2D eigenvalue weighted by atomic mass is 16.5. The zero-order valence-electron chi connectivity index (χ0n) is 15.8. The molecule has 0 saturated carbocycles. The van der Waals surface area contributed by atoms with Gasteiger partial charge in [0.2, 0.25) is 0 Å². The van der Waals surface area contributed by atoms with Gasteiger partial charge in [0.05, 0.1) is 18.8 Å². The van der Waals surface area contributed by atoms with Gasteiger partial charge in [0, 0.05) is 6.04 Å². The van der Waals surface area contributed by atoms with Gasteiger partial charge in [-0.25, -0.2) is 4.79 Å². The number of nitrogens with one attached hydrogen (secondary N) is 1. The first kappa shape index (κ1) is 20.8. The summed E-state index contributed by atoms with van der Waals surface area (Å²) in [6.07, 6.45) is 1.11. The van der Waals surface area contributed by atoms with E-state index in [1.807, 2.05) is 20.8 Å². The fourth-order valence-corrected chi connectivity index (χ4v) is 2.03. The number of esters is 1. The fraction of sp³-hybridized carbons (Fsp3) is 0.579. The molecule has 6 nitrogen and oxygen atoms in total. The first-order valence-electron chi connectivity index (χ1n) is 8.80. The molecule has 25 heavy (non-hydrogen) atoms. The zero-order chi connectivity index (χ0) is 18.8. The summed E-state index contributed by atoms with van der Waals surface area (Å²) in [7, 11) is 0. The Bertz CT molecular complexity index is 571. The van der Waals surface area contributed by atoms with E-state index in [1.54, 1.807) is 25.1 Å². The molecule has 1 amide bonds. The average molecular weight is 351 g/mol. The Morgan fingerprint density at radius 2 is 1.80 bits per heavy atom. The first-order chi connectivity index (χ1) is 11.9. The monoisotopic (exact) mass is 351 g/mol. The normalized spacial score (nSPS) is 11.8. The van der Waals surface area contributed by atoms with E-state index in [9.17, 15) is 9.59 Å². The number of unbranched alkanes of at least 4 members (excludes halogenated alkanes) is 1. The molecule has 1 aromatic carbocycles. The highest BCUT2D eigenvalue weighted by Crippen LogP contribution is 2.29. The minimum Gasteiger partial charge on any atom is -0.490 e. The highest BCUT2D eigenvalue weighted by molar-refractivity contribution is 5.92. The van der Waals surface area contributed by atoms with Crippen molar-refractivity contribution in [1.82, 2.24) is 5.32 Å². The molecule has 0 saturated heterocycles. The number of carbonyl (C=O) groups excluding carboxylic acids is 2. The van der Waals surface area contributed by atoms with Crippen LogP contribution in [0.2, 0.25) is 0 Å². The molecule has 1 N–H and O–H groups in total. The predicted octanol–water partition coefficient (Wildman–Crippen LogP) is 3.33. The molecule has 1 atom stereocenters. The maximum Gasteiger partial charge on any atom is 0.339 e. The van der Waals surface area contributed by atoms with E-state index in [4.69, 9.17) is 14.2 Å². The lowest BCUT2D eigenvalue weighted by molar-refractivity contribution is -0.129. The number of hydrogen-bond donors (Lipinski definition) is 1. The van der Waals surface area contributed by atoms with E-state index in [2.05, 4.69) is 12.2 Å². The van der Waals surface area contributed by atoms with Crippen LogP contribution in [0.3, 0.4) is 0 Å². The molecule has 140 valence electrons. The Hall–Kier alpha value is -2.24. The van der Waals surface area contributed by atoms with Crippen molar-refractivity contribution >= 4 is 11.9 Å². The second-order valence-electron chi connectivity index (χ2n) is 6.01. The van der Waals surface area contributed by atoms with Gasteiger partial charge < -0.3 is 19.5 Å². The second kappa shape index (κ2) is 10.6. The highest BCUT2D eigenvalue weighted by Gasteiger charge is 2.20. The molecule has 0 aliphatic heterocycles. The van der Waals surface area contributed by atoms with Crippen molar-refractivity contribution < 1.29 is 23.8 Å². The standard InChI is InChI=1S/C19H29NO5/c1-6-8-11-24-16-10-9-15(12-17(16)23-7-2)19(22)25-14(5)18(21)20-13(3)4/h9-10,12-14H,6-8,11H2,1-5H3,(H,20,21). The van der Waals surface area contributed by atoms with Crippen LogP contribution in [0, 0.1) is 0 Å². The molecule has 1 unspecified atom stereocenters. The average Bonchev–Trinajstić information content (AvgIpc) is 2.55. The molecule has 0 aromatic heterocycles. The number of carbonyl (C=O) groups is 2. The smallest absolute Gasteiger partial charge is 0.339 e. The molecule has 1 rings (SSSR count). The molecule has 0 spiro atoms. The van der Waals surface area contributed by atoms with E-state index in [0.29, 0.717) is 30.3 Å². The zero-order valence-corrected chi connectivity index (χ0v) is 15.8. The summed E-state index contributed by atoms with van der Waals surface area (Å²) in [5.74, 6) is 0.185. The largest absolute Gasteiger partial charge is 0.490 e. The van der Waals surface area contributed by atoms with Gasteiger partial charge in [-0.1, -0.05) is 13.3 Å². The van der Waals surface area contributed by atoms with Crippen LogP contribution in [0.25, 0.3) is 0 Å². The van der Waals surface area contributed by atoms with Crippen LogP contribution in [0.4, 0.5) is 0 Å². The summed E-state index contributed by atoms with van der Waals surface area (Å²) >= 11 is 0. The van der Waals surface area contributed by atoms with Gasteiger partial charge in [0.15, 0.2) is 17.6 Å². The number of ether oxygens (including phenoxy) is 3. The van der Waals surface area contributed by atoms with Gasteiger partial charge in [-0.15, -0.1) is 0 Å². The number of benzene rings is 1. The van der Waals surface area contributed by atoms with Gasteiger partial charge in [-0.05, 0) is 52.3 Å². The third kappa shape index (κ3) is 7.03.